The maximum Gasteiger partial charge on any atom is 0.198 e. The lowest BCUT2D eigenvalue weighted by molar-refractivity contribution is 1.10. The lowest BCUT2D eigenvalue weighted by Gasteiger charge is -1.79. The zero-order chi connectivity index (χ0) is 5.11. The summed E-state index contributed by atoms with van der Waals surface area (Å²) in [6.07, 6.45) is 6.70. The van der Waals surface area contributed by atoms with Gasteiger partial charge in [-0.2, -0.15) is 0 Å². The van der Waals surface area contributed by atoms with Gasteiger partial charge in [0, 0.05) is 6.20 Å². The van der Waals surface area contributed by atoms with Gasteiger partial charge >= 0.3 is 0 Å². The zero-order valence-corrected chi connectivity index (χ0v) is 3.97. The lowest BCUT2D eigenvalue weighted by atomic mass is 10.4. The van der Waals surface area contributed by atoms with Crippen LogP contribution in [0.1, 0.15) is 5.56 Å². The SMILES string of the molecule is Cc1[c]n[c]nc1. The molecule has 0 fully saturated rings. The fraction of sp³-hybridized carbons (Fsp3) is 0.200. The molecule has 0 atom stereocenters. The van der Waals surface area contributed by atoms with Gasteiger partial charge in [-0.3, -0.25) is 0 Å². The van der Waals surface area contributed by atoms with E-state index in [9.17, 15) is 0 Å². The molecule has 1 rings (SSSR count). The summed E-state index contributed by atoms with van der Waals surface area (Å²) in [6.45, 7) is 1.88. The van der Waals surface area contributed by atoms with Crippen molar-refractivity contribution in [2.45, 2.75) is 6.92 Å². The van der Waals surface area contributed by atoms with Crippen LogP contribution in [0.2, 0.25) is 0 Å². The lowest BCUT2D eigenvalue weighted by Crippen LogP contribution is -1.77. The van der Waals surface area contributed by atoms with Crippen LogP contribution in [0.4, 0.5) is 0 Å². The molecule has 0 bridgehead atoms. The molecule has 2 radical (unpaired) electrons. The van der Waals surface area contributed by atoms with Gasteiger partial charge in [0.05, 0.1) is 6.20 Å². The molecule has 2 heteroatoms. The van der Waals surface area contributed by atoms with Crippen molar-refractivity contribution in [2.75, 3.05) is 0 Å². The quantitative estimate of drug-likeness (QED) is 0.462. The Labute approximate surface area is 42.2 Å². The summed E-state index contributed by atoms with van der Waals surface area (Å²) >= 11 is 0. The molecule has 0 aliphatic heterocycles. The van der Waals surface area contributed by atoms with Crippen molar-refractivity contribution < 1.29 is 0 Å². The van der Waals surface area contributed by atoms with Crippen molar-refractivity contribution >= 4 is 0 Å². The highest BCUT2D eigenvalue weighted by molar-refractivity contribution is 4.94. The largest absolute Gasteiger partial charge is 0.233 e. The maximum absolute atomic E-state index is 3.62. The third-order valence-electron chi connectivity index (χ3n) is 0.598. The second-order valence-corrected chi connectivity index (χ2v) is 1.26. The molecule has 1 aromatic heterocycles. The molecule has 2 nitrogen and oxygen atoms in total. The molecule has 0 saturated carbocycles. The van der Waals surface area contributed by atoms with Gasteiger partial charge in [0.1, 0.15) is 0 Å². The van der Waals surface area contributed by atoms with Crippen LogP contribution >= 0.6 is 0 Å². The van der Waals surface area contributed by atoms with E-state index in [1.165, 1.54) is 0 Å². The van der Waals surface area contributed by atoms with Gasteiger partial charge in [0.25, 0.3) is 0 Å². The molecule has 1 aromatic rings. The first-order valence-electron chi connectivity index (χ1n) is 1.97. The van der Waals surface area contributed by atoms with E-state index in [-0.39, 0.29) is 0 Å². The first-order chi connectivity index (χ1) is 3.39. The van der Waals surface area contributed by atoms with Gasteiger partial charge in [0.2, 0.25) is 0 Å². The van der Waals surface area contributed by atoms with Crippen LogP contribution < -0.4 is 0 Å². The van der Waals surface area contributed by atoms with Crippen LogP contribution in [0.15, 0.2) is 6.20 Å². The van der Waals surface area contributed by atoms with E-state index in [0.717, 1.165) is 5.56 Å². The second kappa shape index (κ2) is 1.69. The Morgan fingerprint density at radius 1 is 1.71 bits per heavy atom. The summed E-state index contributed by atoms with van der Waals surface area (Å²) in [5.41, 5.74) is 0.943. The fourth-order valence-corrected chi connectivity index (χ4v) is 0.297. The monoisotopic (exact) mass is 92.0 g/mol. The molecule has 1 heterocycles. The summed E-state index contributed by atoms with van der Waals surface area (Å²) in [5.74, 6) is 0. The van der Waals surface area contributed by atoms with Crippen LogP contribution in [0.25, 0.3) is 0 Å². The second-order valence-electron chi connectivity index (χ2n) is 1.26. The van der Waals surface area contributed by atoms with Crippen LogP contribution in [0.5, 0.6) is 0 Å². The van der Waals surface area contributed by atoms with Crippen molar-refractivity contribution in [3.05, 3.63) is 24.3 Å². The minimum Gasteiger partial charge on any atom is -0.233 e. The predicted octanol–water partition coefficient (Wildman–Crippen LogP) is 0.385. The normalized spacial score (nSPS) is 8.71. The molecule has 34 valence electrons. The van der Waals surface area contributed by atoms with Crippen molar-refractivity contribution in [1.82, 2.24) is 9.97 Å². The zero-order valence-electron chi connectivity index (χ0n) is 3.97. The average molecular weight is 92.1 g/mol. The highest BCUT2D eigenvalue weighted by Gasteiger charge is 1.76. The molecule has 0 N–H and O–H groups in total. The van der Waals surface area contributed by atoms with E-state index in [1.54, 1.807) is 6.20 Å². The number of hydrogen-bond donors (Lipinski definition) is 0. The molecule has 0 aromatic carbocycles. The average Bonchev–Trinajstić information content (AvgIpc) is 1.69. The summed E-state index contributed by atoms with van der Waals surface area (Å²) < 4.78 is 0. The van der Waals surface area contributed by atoms with E-state index in [1.807, 2.05) is 6.92 Å². The first-order valence-corrected chi connectivity index (χ1v) is 1.97. The van der Waals surface area contributed by atoms with Gasteiger partial charge in [-0.15, -0.1) is 0 Å². The molecular formula is C5H4N2. The van der Waals surface area contributed by atoms with Crippen molar-refractivity contribution in [2.24, 2.45) is 0 Å². The standard InChI is InChI=1S/C5H4N2/c1-5-2-6-4-7-3-5/h2H,1H3. The van der Waals surface area contributed by atoms with Gasteiger partial charge in [-0.1, -0.05) is 0 Å². The van der Waals surface area contributed by atoms with E-state index in [0.29, 0.717) is 0 Å². The van der Waals surface area contributed by atoms with Gasteiger partial charge in [0.15, 0.2) is 6.33 Å². The Kier molecular flexibility index (Phi) is 1.02. The van der Waals surface area contributed by atoms with Crippen molar-refractivity contribution in [3.63, 3.8) is 0 Å². The van der Waals surface area contributed by atoms with Gasteiger partial charge in [-0.05, 0) is 12.5 Å². The molecule has 0 aliphatic carbocycles. The highest BCUT2D eigenvalue weighted by atomic mass is 14.8. The molecule has 0 saturated heterocycles. The van der Waals surface area contributed by atoms with Crippen molar-refractivity contribution in [1.29, 1.82) is 0 Å². The first kappa shape index (κ1) is 4.24. The number of rotatable bonds is 0. The topological polar surface area (TPSA) is 25.8 Å². The number of aryl methyl sites for hydroxylation is 1. The Bertz CT molecular complexity index is 136. The molecule has 7 heavy (non-hydrogen) atoms. The Balaban J connectivity index is 3.02. The third kappa shape index (κ3) is 0.961. The smallest absolute Gasteiger partial charge is 0.198 e. The predicted molar refractivity (Wildman–Crippen MR) is 24.4 cm³/mol. The van der Waals surface area contributed by atoms with Gasteiger partial charge in [-0.25, -0.2) is 9.97 Å². The number of hydrogen-bond acceptors (Lipinski definition) is 2. The summed E-state index contributed by atoms with van der Waals surface area (Å²) in [5, 5.41) is 0. The minimum absolute atomic E-state index is 0.943. The molecule has 0 spiro atoms. The van der Waals surface area contributed by atoms with E-state index in [4.69, 9.17) is 0 Å². The van der Waals surface area contributed by atoms with Crippen LogP contribution in [0.3, 0.4) is 0 Å². The number of aromatic nitrogens is 2. The third-order valence-corrected chi connectivity index (χ3v) is 0.598. The van der Waals surface area contributed by atoms with Crippen LogP contribution in [-0.4, -0.2) is 9.97 Å². The van der Waals surface area contributed by atoms with Crippen LogP contribution in [0, 0.1) is 19.4 Å². The Hall–Kier alpha value is -0.920. The molecular weight excluding hydrogens is 88.1 g/mol. The molecule has 0 aliphatic rings. The molecule has 0 amide bonds. The minimum atomic E-state index is 0.943. The maximum atomic E-state index is 3.62. The van der Waals surface area contributed by atoms with Crippen molar-refractivity contribution in [3.8, 4) is 0 Å². The Morgan fingerprint density at radius 3 is 2.86 bits per heavy atom. The Morgan fingerprint density at radius 2 is 2.57 bits per heavy atom. The summed E-state index contributed by atoms with van der Waals surface area (Å²) in [6, 6.07) is 0. The van der Waals surface area contributed by atoms with Crippen LogP contribution in [-0.2, 0) is 0 Å². The molecule has 0 unspecified atom stereocenters. The van der Waals surface area contributed by atoms with E-state index in [2.05, 4.69) is 22.5 Å². The summed E-state index contributed by atoms with van der Waals surface area (Å²) in [4.78, 5) is 7.14. The van der Waals surface area contributed by atoms with E-state index < -0.39 is 0 Å². The fourth-order valence-electron chi connectivity index (χ4n) is 0.297. The van der Waals surface area contributed by atoms with Gasteiger partial charge < -0.3 is 0 Å². The highest BCUT2D eigenvalue weighted by Crippen LogP contribution is 1.82. The van der Waals surface area contributed by atoms with E-state index >= 15 is 0 Å². The number of nitrogens with zero attached hydrogens (tertiary/aromatic N) is 2. The summed E-state index contributed by atoms with van der Waals surface area (Å²) in [7, 11) is 0.